The summed E-state index contributed by atoms with van der Waals surface area (Å²) >= 11 is 0. The molecule has 1 saturated carbocycles. The highest BCUT2D eigenvalue weighted by atomic mass is 16.5. The van der Waals surface area contributed by atoms with Gasteiger partial charge in [-0.15, -0.1) is 0 Å². The van der Waals surface area contributed by atoms with Gasteiger partial charge in [0.1, 0.15) is 0 Å². The topological polar surface area (TPSA) is 43.2 Å². The van der Waals surface area contributed by atoms with Crippen molar-refractivity contribution < 1.29 is 19.2 Å². The number of piperazine rings is 1. The number of hydrogen-bond donors (Lipinski definition) is 1. The summed E-state index contributed by atoms with van der Waals surface area (Å²) in [4.78, 5) is 16.5. The molecule has 3 rings (SSSR count). The lowest BCUT2D eigenvalue weighted by Crippen LogP contribution is -3.18. The van der Waals surface area contributed by atoms with Gasteiger partial charge in [-0.25, -0.2) is 0 Å². The maximum absolute atomic E-state index is 12.8. The highest BCUT2D eigenvalue weighted by molar-refractivity contribution is 5.95. The molecule has 2 aliphatic rings. The third-order valence-electron chi connectivity index (χ3n) is 5.84. The van der Waals surface area contributed by atoms with Crippen LogP contribution in [0.15, 0.2) is 18.2 Å². The summed E-state index contributed by atoms with van der Waals surface area (Å²) in [5.74, 6) is 2.21. The van der Waals surface area contributed by atoms with Crippen LogP contribution in [-0.4, -0.2) is 57.2 Å². The Morgan fingerprint density at radius 1 is 1.12 bits per heavy atom. The molecular formula is C20H31N2O3+. The van der Waals surface area contributed by atoms with Crippen molar-refractivity contribution in [3.8, 4) is 11.5 Å². The number of ether oxygens (including phenoxy) is 2. The zero-order valence-electron chi connectivity index (χ0n) is 15.7. The van der Waals surface area contributed by atoms with Gasteiger partial charge in [0, 0.05) is 12.0 Å². The molecule has 0 radical (unpaired) electrons. The molecule has 0 unspecified atom stereocenters. The normalized spacial score (nSPS) is 24.8. The van der Waals surface area contributed by atoms with Gasteiger partial charge in [-0.1, -0.05) is 13.3 Å². The number of nitrogens with zero attached hydrogens (tertiary/aromatic N) is 1. The van der Waals surface area contributed by atoms with E-state index in [4.69, 9.17) is 9.47 Å². The number of methoxy groups -OCH3 is 2. The molecule has 0 bridgehead atoms. The Bertz CT molecular complexity index is 597. The predicted octanol–water partition coefficient (Wildman–Crippen LogP) is 1.62. The Balaban J connectivity index is 1.60. The second-order valence-corrected chi connectivity index (χ2v) is 7.49. The molecule has 1 N–H and O–H groups in total. The number of quaternary nitrogens is 1. The second-order valence-electron chi connectivity index (χ2n) is 7.49. The first-order valence-electron chi connectivity index (χ1n) is 9.48. The molecule has 25 heavy (non-hydrogen) atoms. The number of hydrogen-bond acceptors (Lipinski definition) is 3. The fourth-order valence-electron chi connectivity index (χ4n) is 4.36. The van der Waals surface area contributed by atoms with Crippen molar-refractivity contribution in [2.24, 2.45) is 5.92 Å². The Kier molecular flexibility index (Phi) is 5.84. The van der Waals surface area contributed by atoms with Gasteiger partial charge >= 0.3 is 0 Å². The third kappa shape index (κ3) is 4.09. The van der Waals surface area contributed by atoms with Crippen LogP contribution in [0.5, 0.6) is 11.5 Å². The SMILES string of the molecule is COc1ccc(C(=O)N2CC[NH+]([C@@H]3CCC[C@@H](C)C3)CC2)cc1OC. The van der Waals surface area contributed by atoms with Crippen molar-refractivity contribution >= 4 is 5.91 Å². The number of carbonyl (C=O) groups excluding carboxylic acids is 1. The molecule has 1 aliphatic heterocycles. The van der Waals surface area contributed by atoms with Gasteiger partial charge in [0.2, 0.25) is 0 Å². The lowest BCUT2D eigenvalue weighted by Gasteiger charge is -2.39. The zero-order chi connectivity index (χ0) is 17.8. The van der Waals surface area contributed by atoms with Crippen molar-refractivity contribution in [2.45, 2.75) is 38.6 Å². The van der Waals surface area contributed by atoms with E-state index in [0.29, 0.717) is 17.1 Å². The molecule has 0 spiro atoms. The fourth-order valence-corrected chi connectivity index (χ4v) is 4.36. The molecular weight excluding hydrogens is 316 g/mol. The molecule has 1 aromatic rings. The second kappa shape index (κ2) is 8.09. The van der Waals surface area contributed by atoms with E-state index in [1.54, 1.807) is 31.3 Å². The van der Waals surface area contributed by atoms with Crippen molar-refractivity contribution in [2.75, 3.05) is 40.4 Å². The van der Waals surface area contributed by atoms with Crippen molar-refractivity contribution in [1.29, 1.82) is 0 Å². The Morgan fingerprint density at radius 2 is 1.84 bits per heavy atom. The van der Waals surface area contributed by atoms with Crippen LogP contribution in [0.1, 0.15) is 43.0 Å². The summed E-state index contributed by atoms with van der Waals surface area (Å²) in [6.07, 6.45) is 5.44. The number of rotatable bonds is 4. The Hall–Kier alpha value is -1.75. The maximum atomic E-state index is 12.8. The molecule has 2 atom stereocenters. The average molecular weight is 347 g/mol. The summed E-state index contributed by atoms with van der Waals surface area (Å²) in [6, 6.07) is 6.20. The minimum Gasteiger partial charge on any atom is -0.493 e. The summed E-state index contributed by atoms with van der Waals surface area (Å²) in [5, 5.41) is 0. The van der Waals surface area contributed by atoms with E-state index < -0.39 is 0 Å². The lowest BCUT2D eigenvalue weighted by atomic mass is 9.86. The Morgan fingerprint density at radius 3 is 2.48 bits per heavy atom. The Labute approximate surface area is 150 Å². The monoisotopic (exact) mass is 347 g/mol. The largest absolute Gasteiger partial charge is 0.493 e. The van der Waals surface area contributed by atoms with Gasteiger partial charge < -0.3 is 19.3 Å². The quantitative estimate of drug-likeness (QED) is 0.900. The summed E-state index contributed by atoms with van der Waals surface area (Å²) in [7, 11) is 3.20. The van der Waals surface area contributed by atoms with E-state index in [1.165, 1.54) is 25.7 Å². The van der Waals surface area contributed by atoms with E-state index in [1.807, 2.05) is 11.0 Å². The fraction of sp³-hybridized carbons (Fsp3) is 0.650. The van der Waals surface area contributed by atoms with Gasteiger partial charge in [-0.05, 0) is 37.0 Å². The van der Waals surface area contributed by atoms with Gasteiger partial charge in [-0.3, -0.25) is 4.79 Å². The van der Waals surface area contributed by atoms with Crippen molar-refractivity contribution in [3.63, 3.8) is 0 Å². The van der Waals surface area contributed by atoms with Gasteiger partial charge in [-0.2, -0.15) is 0 Å². The van der Waals surface area contributed by atoms with Gasteiger partial charge in [0.15, 0.2) is 11.5 Å². The molecule has 1 aromatic carbocycles. The van der Waals surface area contributed by atoms with Crippen LogP contribution in [-0.2, 0) is 0 Å². The van der Waals surface area contributed by atoms with E-state index in [0.717, 1.165) is 38.1 Å². The standard InChI is InChI=1S/C20H30N2O3/c1-15-5-4-6-17(13-15)21-9-11-22(12-10-21)20(23)16-7-8-18(24-2)19(14-16)25-3/h7-8,14-15,17H,4-6,9-13H2,1-3H3/p+1/t15-,17-/m1/s1. The zero-order valence-corrected chi connectivity index (χ0v) is 15.7. The molecule has 1 heterocycles. The maximum Gasteiger partial charge on any atom is 0.254 e. The van der Waals surface area contributed by atoms with Crippen molar-refractivity contribution in [3.05, 3.63) is 23.8 Å². The van der Waals surface area contributed by atoms with Crippen LogP contribution < -0.4 is 14.4 Å². The van der Waals surface area contributed by atoms with Crippen LogP contribution >= 0.6 is 0 Å². The molecule has 1 amide bonds. The van der Waals surface area contributed by atoms with E-state index in [-0.39, 0.29) is 5.91 Å². The van der Waals surface area contributed by atoms with Crippen LogP contribution in [0, 0.1) is 5.92 Å². The van der Waals surface area contributed by atoms with Gasteiger partial charge in [0.25, 0.3) is 5.91 Å². The number of carbonyl (C=O) groups is 1. The molecule has 5 heteroatoms. The summed E-state index contributed by atoms with van der Waals surface area (Å²) in [6.45, 7) is 6.19. The molecule has 1 saturated heterocycles. The molecule has 0 aromatic heterocycles. The number of nitrogens with one attached hydrogen (secondary N) is 1. The molecule has 5 nitrogen and oxygen atoms in total. The van der Waals surface area contributed by atoms with Crippen LogP contribution in [0.4, 0.5) is 0 Å². The molecule has 1 aliphatic carbocycles. The van der Waals surface area contributed by atoms with Crippen molar-refractivity contribution in [1.82, 2.24) is 4.90 Å². The molecule has 2 fully saturated rings. The lowest BCUT2D eigenvalue weighted by molar-refractivity contribution is -0.930. The number of amides is 1. The molecule has 138 valence electrons. The minimum absolute atomic E-state index is 0.0945. The smallest absolute Gasteiger partial charge is 0.254 e. The van der Waals surface area contributed by atoms with Crippen LogP contribution in [0.2, 0.25) is 0 Å². The first-order valence-corrected chi connectivity index (χ1v) is 9.48. The van der Waals surface area contributed by atoms with Crippen LogP contribution in [0.3, 0.4) is 0 Å². The van der Waals surface area contributed by atoms with Gasteiger partial charge in [0.05, 0.1) is 46.4 Å². The summed E-state index contributed by atoms with van der Waals surface area (Å²) in [5.41, 5.74) is 0.674. The predicted molar refractivity (Wildman–Crippen MR) is 97.6 cm³/mol. The minimum atomic E-state index is 0.0945. The third-order valence-corrected chi connectivity index (χ3v) is 5.84. The first-order chi connectivity index (χ1) is 12.1. The average Bonchev–Trinajstić information content (AvgIpc) is 2.67. The van der Waals surface area contributed by atoms with E-state index in [9.17, 15) is 4.79 Å². The summed E-state index contributed by atoms with van der Waals surface area (Å²) < 4.78 is 10.6. The van der Waals surface area contributed by atoms with Crippen LogP contribution in [0.25, 0.3) is 0 Å². The highest BCUT2D eigenvalue weighted by Crippen LogP contribution is 2.28. The van der Waals surface area contributed by atoms with E-state index >= 15 is 0 Å². The number of benzene rings is 1. The first kappa shape index (κ1) is 18.1. The van der Waals surface area contributed by atoms with E-state index in [2.05, 4.69) is 6.92 Å². The highest BCUT2D eigenvalue weighted by Gasteiger charge is 2.32.